The van der Waals surface area contributed by atoms with Crippen molar-refractivity contribution in [3.63, 3.8) is 0 Å². The normalized spacial score (nSPS) is 21.0. The monoisotopic (exact) mass is 328 g/mol. The van der Waals surface area contributed by atoms with E-state index in [1.807, 2.05) is 13.0 Å². The summed E-state index contributed by atoms with van der Waals surface area (Å²) in [4.78, 5) is 14.4. The number of hydrogen-bond donors (Lipinski definition) is 1. The van der Waals surface area contributed by atoms with Crippen LogP contribution in [0.1, 0.15) is 44.7 Å². The van der Waals surface area contributed by atoms with Crippen molar-refractivity contribution < 1.29 is 4.79 Å². The number of nitrogens with one attached hydrogen (secondary N) is 1. The summed E-state index contributed by atoms with van der Waals surface area (Å²) in [5.74, 6) is 0.0438. The number of rotatable bonds is 4. The lowest BCUT2D eigenvalue weighted by atomic mass is 10.0. The van der Waals surface area contributed by atoms with Crippen LogP contribution in [-0.2, 0) is 4.79 Å². The number of benzene rings is 1. The van der Waals surface area contributed by atoms with Crippen molar-refractivity contribution in [2.45, 2.75) is 45.2 Å². The fourth-order valence-corrected chi connectivity index (χ4v) is 3.37. The Kier molecular flexibility index (Phi) is 5.91. The van der Waals surface area contributed by atoms with Gasteiger partial charge in [-0.2, -0.15) is 0 Å². The molecule has 0 saturated carbocycles. The zero-order valence-electron chi connectivity index (χ0n) is 12.5. The Morgan fingerprint density at radius 1 is 1.43 bits per heavy atom. The van der Waals surface area contributed by atoms with Gasteiger partial charge in [0.2, 0.25) is 5.91 Å². The van der Waals surface area contributed by atoms with Crippen LogP contribution < -0.4 is 5.32 Å². The standard InChI is InChI=1S/C16H22Cl2N2O/c1-11-5-3-4-8-20(11)10-16(21)19-12(2)14-7-6-13(17)9-15(14)18/h6-7,9,11-12H,3-5,8,10H2,1-2H3,(H,19,21)/t11-,12-/m0/s1. The molecule has 3 nitrogen and oxygen atoms in total. The van der Waals surface area contributed by atoms with Crippen molar-refractivity contribution in [2.24, 2.45) is 0 Å². The molecular weight excluding hydrogens is 307 g/mol. The van der Waals surface area contributed by atoms with Crippen molar-refractivity contribution >= 4 is 29.1 Å². The maximum Gasteiger partial charge on any atom is 0.234 e. The molecule has 0 bridgehead atoms. The van der Waals surface area contributed by atoms with Crippen LogP contribution in [0.2, 0.25) is 10.0 Å². The Morgan fingerprint density at radius 2 is 2.19 bits per heavy atom. The summed E-state index contributed by atoms with van der Waals surface area (Å²) in [6.07, 6.45) is 3.61. The van der Waals surface area contributed by atoms with E-state index in [4.69, 9.17) is 23.2 Å². The second-order valence-electron chi connectivity index (χ2n) is 5.77. The van der Waals surface area contributed by atoms with Gasteiger partial charge in [0.1, 0.15) is 0 Å². The van der Waals surface area contributed by atoms with Crippen molar-refractivity contribution in [1.29, 1.82) is 0 Å². The van der Waals surface area contributed by atoms with Crippen LogP contribution in [0, 0.1) is 0 Å². The maximum atomic E-state index is 12.2. The molecule has 2 atom stereocenters. The van der Waals surface area contributed by atoms with E-state index < -0.39 is 0 Å². The van der Waals surface area contributed by atoms with E-state index in [1.165, 1.54) is 19.3 Å². The van der Waals surface area contributed by atoms with Gasteiger partial charge in [0.15, 0.2) is 0 Å². The molecular formula is C16H22Cl2N2O. The van der Waals surface area contributed by atoms with Gasteiger partial charge in [-0.3, -0.25) is 9.69 Å². The summed E-state index contributed by atoms with van der Waals surface area (Å²) < 4.78 is 0. The lowest BCUT2D eigenvalue weighted by Crippen LogP contribution is -2.44. The van der Waals surface area contributed by atoms with E-state index in [2.05, 4.69) is 17.1 Å². The lowest BCUT2D eigenvalue weighted by Gasteiger charge is -2.33. The number of amides is 1. The third kappa shape index (κ3) is 4.60. The van der Waals surface area contributed by atoms with Gasteiger partial charge in [-0.05, 0) is 50.9 Å². The van der Waals surface area contributed by atoms with Gasteiger partial charge in [-0.25, -0.2) is 0 Å². The molecule has 0 radical (unpaired) electrons. The zero-order valence-corrected chi connectivity index (χ0v) is 14.0. The summed E-state index contributed by atoms with van der Waals surface area (Å²) in [5.41, 5.74) is 0.890. The third-order valence-electron chi connectivity index (χ3n) is 4.09. The Balaban J connectivity index is 1.92. The van der Waals surface area contributed by atoms with Gasteiger partial charge in [0, 0.05) is 16.1 Å². The second kappa shape index (κ2) is 7.48. The summed E-state index contributed by atoms with van der Waals surface area (Å²) in [5, 5.41) is 4.20. The van der Waals surface area contributed by atoms with E-state index in [1.54, 1.807) is 12.1 Å². The van der Waals surface area contributed by atoms with Gasteiger partial charge in [-0.1, -0.05) is 35.7 Å². The Hall–Kier alpha value is -0.770. The number of carbonyl (C=O) groups is 1. The molecule has 1 aliphatic heterocycles. The molecule has 1 fully saturated rings. The van der Waals surface area contributed by atoms with Crippen LogP contribution in [0.25, 0.3) is 0 Å². The molecule has 21 heavy (non-hydrogen) atoms. The smallest absolute Gasteiger partial charge is 0.234 e. The Morgan fingerprint density at radius 3 is 2.86 bits per heavy atom. The lowest BCUT2D eigenvalue weighted by molar-refractivity contribution is -0.123. The first-order valence-corrected chi connectivity index (χ1v) is 8.21. The van der Waals surface area contributed by atoms with Crippen molar-refractivity contribution in [3.8, 4) is 0 Å². The molecule has 1 aliphatic rings. The highest BCUT2D eigenvalue weighted by Gasteiger charge is 2.21. The topological polar surface area (TPSA) is 32.3 Å². The highest BCUT2D eigenvalue weighted by molar-refractivity contribution is 6.35. The number of hydrogen-bond acceptors (Lipinski definition) is 2. The average molecular weight is 329 g/mol. The number of likely N-dealkylation sites (tertiary alicyclic amines) is 1. The van der Waals surface area contributed by atoms with Gasteiger partial charge in [0.05, 0.1) is 12.6 Å². The molecule has 1 saturated heterocycles. The quantitative estimate of drug-likeness (QED) is 0.904. The van der Waals surface area contributed by atoms with Crippen molar-refractivity contribution in [1.82, 2.24) is 10.2 Å². The van der Waals surface area contributed by atoms with E-state index in [-0.39, 0.29) is 11.9 Å². The molecule has 116 valence electrons. The summed E-state index contributed by atoms with van der Waals surface area (Å²) in [7, 11) is 0. The van der Waals surface area contributed by atoms with E-state index in [9.17, 15) is 4.79 Å². The number of carbonyl (C=O) groups excluding carboxylic acids is 1. The largest absolute Gasteiger partial charge is 0.348 e. The highest BCUT2D eigenvalue weighted by atomic mass is 35.5. The van der Waals surface area contributed by atoms with Crippen LogP contribution in [0.5, 0.6) is 0 Å². The summed E-state index contributed by atoms with van der Waals surface area (Å²) in [6, 6.07) is 5.71. The minimum absolute atomic E-state index is 0.0438. The first-order valence-electron chi connectivity index (χ1n) is 7.45. The van der Waals surface area contributed by atoms with Crippen molar-refractivity contribution in [3.05, 3.63) is 33.8 Å². The van der Waals surface area contributed by atoms with Crippen LogP contribution in [-0.4, -0.2) is 29.9 Å². The molecule has 1 heterocycles. The van der Waals surface area contributed by atoms with Gasteiger partial charge >= 0.3 is 0 Å². The highest BCUT2D eigenvalue weighted by Crippen LogP contribution is 2.26. The molecule has 0 spiro atoms. The van der Waals surface area contributed by atoms with Crippen LogP contribution >= 0.6 is 23.2 Å². The molecule has 0 aliphatic carbocycles. The third-order valence-corrected chi connectivity index (χ3v) is 4.66. The second-order valence-corrected chi connectivity index (χ2v) is 6.61. The van der Waals surface area contributed by atoms with Gasteiger partial charge in [0.25, 0.3) is 0 Å². The fraction of sp³-hybridized carbons (Fsp3) is 0.562. The summed E-state index contributed by atoms with van der Waals surface area (Å²) >= 11 is 12.1. The first kappa shape index (κ1) is 16.6. The number of halogens is 2. The SMILES string of the molecule is C[C@H](NC(=O)CN1CCCC[C@@H]1C)c1ccc(Cl)cc1Cl. The molecule has 0 unspecified atom stereocenters. The molecule has 1 aromatic rings. The van der Waals surface area contributed by atoms with Crippen LogP contribution in [0.15, 0.2) is 18.2 Å². The van der Waals surface area contributed by atoms with Crippen LogP contribution in [0.4, 0.5) is 0 Å². The predicted octanol–water partition coefficient (Wildman–Crippen LogP) is 4.05. The average Bonchev–Trinajstić information content (AvgIpc) is 2.41. The maximum absolute atomic E-state index is 12.2. The summed E-state index contributed by atoms with van der Waals surface area (Å²) in [6.45, 7) is 5.58. The van der Waals surface area contributed by atoms with E-state index in [0.29, 0.717) is 22.6 Å². The van der Waals surface area contributed by atoms with Gasteiger partial charge in [-0.15, -0.1) is 0 Å². The number of piperidine rings is 1. The molecule has 2 rings (SSSR count). The molecule has 1 amide bonds. The predicted molar refractivity (Wildman–Crippen MR) is 87.9 cm³/mol. The van der Waals surface area contributed by atoms with E-state index in [0.717, 1.165) is 12.1 Å². The molecule has 1 aromatic carbocycles. The number of nitrogens with zero attached hydrogens (tertiary/aromatic N) is 1. The fourth-order valence-electron chi connectivity index (χ4n) is 2.79. The minimum Gasteiger partial charge on any atom is -0.348 e. The molecule has 5 heteroatoms. The Bertz CT molecular complexity index is 507. The molecule has 1 N–H and O–H groups in total. The first-order chi connectivity index (χ1) is 9.97. The minimum atomic E-state index is -0.123. The Labute approximate surface area is 136 Å². The van der Waals surface area contributed by atoms with Gasteiger partial charge < -0.3 is 5.32 Å². The van der Waals surface area contributed by atoms with Crippen LogP contribution in [0.3, 0.4) is 0 Å². The van der Waals surface area contributed by atoms with E-state index >= 15 is 0 Å². The molecule has 0 aromatic heterocycles. The zero-order chi connectivity index (χ0) is 15.4. The van der Waals surface area contributed by atoms with Crippen molar-refractivity contribution in [2.75, 3.05) is 13.1 Å².